The average Bonchev–Trinajstić information content (AvgIpc) is 3.42. The van der Waals surface area contributed by atoms with Crippen LogP contribution in [0.4, 0.5) is 11.4 Å². The molecule has 180 valence electrons. The van der Waals surface area contributed by atoms with Gasteiger partial charge in [-0.3, -0.25) is 13.9 Å². The summed E-state index contributed by atoms with van der Waals surface area (Å²) in [7, 11) is -3.73. The molecule has 5 rings (SSSR count). The number of morpholine rings is 1. The lowest BCUT2D eigenvalue weighted by Gasteiger charge is -2.27. The predicted octanol–water partition coefficient (Wildman–Crippen LogP) is 2.35. The van der Waals surface area contributed by atoms with Gasteiger partial charge in [0.2, 0.25) is 11.8 Å². The highest BCUT2D eigenvalue weighted by Gasteiger charge is 2.37. The number of amides is 2. The first-order valence-corrected chi connectivity index (χ1v) is 13.2. The van der Waals surface area contributed by atoms with Crippen LogP contribution in [0.25, 0.3) is 0 Å². The number of benzene rings is 2. The van der Waals surface area contributed by atoms with Gasteiger partial charge in [0, 0.05) is 44.2 Å². The number of ether oxygens (including phenoxy) is 1. The lowest BCUT2D eigenvalue weighted by atomic mass is 10.1. The Hall–Kier alpha value is -2.91. The Labute approximate surface area is 200 Å². The molecule has 0 unspecified atom stereocenters. The Morgan fingerprint density at radius 1 is 0.941 bits per heavy atom. The molecule has 9 heteroatoms. The standard InChI is InChI=1S/C25H29N3O5S/c1-18-16-19-4-2-3-5-23(19)28(18)34(31,32)21-6-7-22-20(17-21)10-11-27(22)25(30)9-8-24(29)26-12-14-33-15-13-26/h2-7,17-18H,8-16H2,1H3/t18-/m1/s1. The smallest absolute Gasteiger partial charge is 0.264 e. The molecule has 0 aromatic heterocycles. The fraction of sp³-hybridized carbons (Fsp3) is 0.440. The minimum Gasteiger partial charge on any atom is -0.378 e. The lowest BCUT2D eigenvalue weighted by Crippen LogP contribution is -2.41. The van der Waals surface area contributed by atoms with Crippen LogP contribution in [0.1, 0.15) is 30.9 Å². The summed E-state index contributed by atoms with van der Waals surface area (Å²) in [6.07, 6.45) is 1.58. The Balaban J connectivity index is 1.30. The van der Waals surface area contributed by atoms with Crippen molar-refractivity contribution in [2.45, 2.75) is 43.5 Å². The average molecular weight is 484 g/mol. The number of anilines is 2. The van der Waals surface area contributed by atoms with Crippen molar-refractivity contribution in [1.82, 2.24) is 4.90 Å². The molecule has 1 atom stereocenters. The maximum atomic E-state index is 13.5. The van der Waals surface area contributed by atoms with E-state index in [0.29, 0.717) is 45.7 Å². The molecule has 0 saturated carbocycles. The molecule has 2 amide bonds. The van der Waals surface area contributed by atoms with Crippen molar-refractivity contribution in [1.29, 1.82) is 0 Å². The molecule has 3 heterocycles. The molecule has 3 aliphatic heterocycles. The fourth-order valence-electron chi connectivity index (χ4n) is 5.13. The Bertz CT molecular complexity index is 1220. The molecule has 0 spiro atoms. The van der Waals surface area contributed by atoms with Crippen LogP contribution in [0, 0.1) is 0 Å². The molecule has 0 N–H and O–H groups in total. The molecule has 8 nitrogen and oxygen atoms in total. The number of rotatable bonds is 5. The monoisotopic (exact) mass is 483 g/mol. The Morgan fingerprint density at radius 3 is 2.47 bits per heavy atom. The summed E-state index contributed by atoms with van der Waals surface area (Å²) in [5.74, 6) is -0.143. The van der Waals surface area contributed by atoms with Crippen molar-refractivity contribution in [3.63, 3.8) is 0 Å². The maximum Gasteiger partial charge on any atom is 0.264 e. The summed E-state index contributed by atoms with van der Waals surface area (Å²) in [4.78, 5) is 28.9. The van der Waals surface area contributed by atoms with Crippen molar-refractivity contribution in [3.8, 4) is 0 Å². The Kier molecular flexibility index (Phi) is 6.07. The quantitative estimate of drug-likeness (QED) is 0.652. The summed E-state index contributed by atoms with van der Waals surface area (Å²) in [5, 5.41) is 0. The van der Waals surface area contributed by atoms with Gasteiger partial charge >= 0.3 is 0 Å². The van der Waals surface area contributed by atoms with Crippen LogP contribution in [-0.4, -0.2) is 64.0 Å². The highest BCUT2D eigenvalue weighted by Crippen LogP contribution is 2.38. The minimum absolute atomic E-state index is 0.0301. The Morgan fingerprint density at radius 2 is 1.68 bits per heavy atom. The SMILES string of the molecule is C[C@@H]1Cc2ccccc2N1S(=O)(=O)c1ccc2c(c1)CCN2C(=O)CCC(=O)N1CCOCC1. The number of hydrogen-bond donors (Lipinski definition) is 0. The van der Waals surface area contributed by atoms with Crippen molar-refractivity contribution in [3.05, 3.63) is 53.6 Å². The van der Waals surface area contributed by atoms with Gasteiger partial charge in [-0.25, -0.2) is 8.42 Å². The van der Waals surface area contributed by atoms with Gasteiger partial charge in [0.15, 0.2) is 0 Å². The predicted molar refractivity (Wildman–Crippen MR) is 128 cm³/mol. The second kappa shape index (κ2) is 9.03. The number of fused-ring (bicyclic) bond motifs is 2. The van der Waals surface area contributed by atoms with E-state index < -0.39 is 10.0 Å². The van der Waals surface area contributed by atoms with Crippen LogP contribution >= 0.6 is 0 Å². The van der Waals surface area contributed by atoms with Crippen LogP contribution < -0.4 is 9.21 Å². The first kappa shape index (κ1) is 22.9. The van der Waals surface area contributed by atoms with E-state index in [1.807, 2.05) is 31.2 Å². The molecule has 0 radical (unpaired) electrons. The van der Waals surface area contributed by atoms with E-state index in [1.54, 1.807) is 28.0 Å². The summed E-state index contributed by atoms with van der Waals surface area (Å²) in [5.41, 5.74) is 3.34. The van der Waals surface area contributed by atoms with Crippen LogP contribution in [0.2, 0.25) is 0 Å². The summed E-state index contributed by atoms with van der Waals surface area (Å²) in [6.45, 7) is 4.61. The van der Waals surface area contributed by atoms with Gasteiger partial charge in [-0.1, -0.05) is 18.2 Å². The molecule has 0 bridgehead atoms. The number of sulfonamides is 1. The van der Waals surface area contributed by atoms with E-state index in [-0.39, 0.29) is 35.6 Å². The second-order valence-corrected chi connectivity index (χ2v) is 10.9. The number of carbonyl (C=O) groups excluding carboxylic acids is 2. The second-order valence-electron chi connectivity index (χ2n) is 9.06. The third kappa shape index (κ3) is 4.07. The van der Waals surface area contributed by atoms with Crippen LogP contribution in [0.15, 0.2) is 47.4 Å². The largest absolute Gasteiger partial charge is 0.378 e. The van der Waals surface area contributed by atoms with E-state index in [1.165, 1.54) is 4.31 Å². The number of nitrogens with zero attached hydrogens (tertiary/aromatic N) is 3. The van der Waals surface area contributed by atoms with Crippen molar-refractivity contribution in [2.24, 2.45) is 0 Å². The zero-order valence-corrected chi connectivity index (χ0v) is 20.1. The molecule has 2 aromatic carbocycles. The van der Waals surface area contributed by atoms with Gasteiger partial charge in [0.1, 0.15) is 0 Å². The van der Waals surface area contributed by atoms with E-state index in [2.05, 4.69) is 0 Å². The highest BCUT2D eigenvalue weighted by atomic mass is 32.2. The van der Waals surface area contributed by atoms with Crippen LogP contribution in [-0.2, 0) is 37.2 Å². The molecule has 34 heavy (non-hydrogen) atoms. The topological polar surface area (TPSA) is 87.2 Å². The van der Waals surface area contributed by atoms with Gasteiger partial charge in [-0.2, -0.15) is 0 Å². The zero-order chi connectivity index (χ0) is 23.9. The van der Waals surface area contributed by atoms with E-state index in [4.69, 9.17) is 4.74 Å². The minimum atomic E-state index is -3.73. The highest BCUT2D eigenvalue weighted by molar-refractivity contribution is 7.92. The summed E-state index contributed by atoms with van der Waals surface area (Å²) in [6, 6.07) is 12.5. The van der Waals surface area contributed by atoms with Crippen LogP contribution in [0.3, 0.4) is 0 Å². The maximum absolute atomic E-state index is 13.5. The first-order chi connectivity index (χ1) is 16.4. The molecular formula is C25H29N3O5S. The number of carbonyl (C=O) groups is 2. The van der Waals surface area contributed by atoms with Gasteiger partial charge in [0.25, 0.3) is 10.0 Å². The third-order valence-corrected chi connectivity index (χ3v) is 8.79. The molecule has 3 aliphatic rings. The molecular weight excluding hydrogens is 454 g/mol. The molecule has 1 fully saturated rings. The zero-order valence-electron chi connectivity index (χ0n) is 19.3. The summed E-state index contributed by atoms with van der Waals surface area (Å²) < 4.78 is 33.9. The van der Waals surface area contributed by atoms with Crippen molar-refractivity contribution < 1.29 is 22.7 Å². The van der Waals surface area contributed by atoms with Gasteiger partial charge in [-0.05, 0) is 55.2 Å². The number of hydrogen-bond acceptors (Lipinski definition) is 5. The van der Waals surface area contributed by atoms with Gasteiger partial charge < -0.3 is 14.5 Å². The first-order valence-electron chi connectivity index (χ1n) is 11.8. The third-order valence-electron chi connectivity index (χ3n) is 6.87. The van der Waals surface area contributed by atoms with E-state index in [0.717, 1.165) is 22.5 Å². The van der Waals surface area contributed by atoms with Gasteiger partial charge in [-0.15, -0.1) is 0 Å². The number of para-hydroxylation sites is 1. The van der Waals surface area contributed by atoms with E-state index in [9.17, 15) is 18.0 Å². The lowest BCUT2D eigenvalue weighted by molar-refractivity contribution is -0.136. The van der Waals surface area contributed by atoms with Gasteiger partial charge in [0.05, 0.1) is 23.8 Å². The van der Waals surface area contributed by atoms with Crippen molar-refractivity contribution >= 4 is 33.2 Å². The molecule has 1 saturated heterocycles. The molecule has 0 aliphatic carbocycles. The fourth-order valence-corrected chi connectivity index (χ4v) is 6.88. The van der Waals surface area contributed by atoms with Crippen LogP contribution in [0.5, 0.6) is 0 Å². The van der Waals surface area contributed by atoms with E-state index >= 15 is 0 Å². The molecule has 2 aromatic rings. The van der Waals surface area contributed by atoms with Crippen molar-refractivity contribution in [2.75, 3.05) is 42.1 Å². The normalized spacial score (nSPS) is 19.8. The summed E-state index contributed by atoms with van der Waals surface area (Å²) >= 11 is 0.